The minimum Gasteiger partial charge on any atom is -0.360 e. The van der Waals surface area contributed by atoms with E-state index in [1.165, 1.54) is 17.0 Å². The monoisotopic (exact) mass is 372 g/mol. The Morgan fingerprint density at radius 3 is 2.42 bits per heavy atom. The quantitative estimate of drug-likeness (QED) is 0.623. The molecule has 2 aromatic carbocycles. The van der Waals surface area contributed by atoms with Gasteiger partial charge in [-0.3, -0.25) is 4.79 Å². The van der Waals surface area contributed by atoms with Gasteiger partial charge in [0.15, 0.2) is 0 Å². The topological polar surface area (TPSA) is 46.3 Å². The van der Waals surface area contributed by atoms with Crippen molar-refractivity contribution in [2.75, 3.05) is 11.9 Å². The molecule has 6 heteroatoms. The van der Waals surface area contributed by atoms with Crippen LogP contribution in [0.5, 0.6) is 0 Å². The summed E-state index contributed by atoms with van der Waals surface area (Å²) in [4.78, 5) is 14.6. The Bertz CT molecular complexity index is 957. The Hall–Kier alpha value is -2.66. The third kappa shape index (κ3) is 3.22. The van der Waals surface area contributed by atoms with Gasteiger partial charge in [0.2, 0.25) is 0 Å². The van der Waals surface area contributed by atoms with Crippen LogP contribution in [0, 0.1) is 26.6 Å². The van der Waals surface area contributed by atoms with Crippen LogP contribution in [-0.4, -0.2) is 18.1 Å². The largest absolute Gasteiger partial charge is 0.360 e. The van der Waals surface area contributed by atoms with E-state index in [4.69, 9.17) is 16.1 Å². The number of hydrogen-bond acceptors (Lipinski definition) is 3. The van der Waals surface area contributed by atoms with Gasteiger partial charge in [-0.05, 0) is 56.2 Å². The average molecular weight is 373 g/mol. The van der Waals surface area contributed by atoms with Crippen molar-refractivity contribution < 1.29 is 13.7 Å². The molecule has 1 heterocycles. The molecule has 0 fully saturated rings. The van der Waals surface area contributed by atoms with Crippen LogP contribution in [0.25, 0.3) is 11.3 Å². The predicted molar refractivity (Wildman–Crippen MR) is 100 cm³/mol. The molecule has 0 N–H and O–H groups in total. The second-order valence-electron chi connectivity index (χ2n) is 6.27. The molecule has 134 valence electrons. The standard InChI is InChI=1S/C20H18ClFN2O2/c1-11-8-12(2)10-14(9-11)24(4)20(25)17-13(3)26-23-19(17)18-15(21)6-5-7-16(18)22/h5-10H,1-4H3. The van der Waals surface area contributed by atoms with Gasteiger partial charge in [-0.15, -0.1) is 0 Å². The fourth-order valence-corrected chi connectivity index (χ4v) is 3.20. The van der Waals surface area contributed by atoms with Crippen LogP contribution in [-0.2, 0) is 0 Å². The van der Waals surface area contributed by atoms with Gasteiger partial charge < -0.3 is 9.42 Å². The van der Waals surface area contributed by atoms with Crippen molar-refractivity contribution in [1.29, 1.82) is 0 Å². The Morgan fingerprint density at radius 2 is 1.81 bits per heavy atom. The van der Waals surface area contributed by atoms with Gasteiger partial charge in [-0.1, -0.05) is 28.9 Å². The number of hydrogen-bond donors (Lipinski definition) is 0. The van der Waals surface area contributed by atoms with E-state index in [0.717, 1.165) is 16.8 Å². The zero-order chi connectivity index (χ0) is 19.0. The fraction of sp³-hybridized carbons (Fsp3) is 0.200. The van der Waals surface area contributed by atoms with Crippen LogP contribution in [0.4, 0.5) is 10.1 Å². The Morgan fingerprint density at radius 1 is 1.15 bits per heavy atom. The van der Waals surface area contributed by atoms with E-state index in [2.05, 4.69) is 5.16 Å². The second-order valence-corrected chi connectivity index (χ2v) is 6.68. The molecule has 0 unspecified atom stereocenters. The van der Waals surface area contributed by atoms with E-state index >= 15 is 0 Å². The van der Waals surface area contributed by atoms with Crippen molar-refractivity contribution in [3.63, 3.8) is 0 Å². The molecular weight excluding hydrogens is 355 g/mol. The van der Waals surface area contributed by atoms with E-state index in [9.17, 15) is 9.18 Å². The van der Waals surface area contributed by atoms with E-state index in [-0.39, 0.29) is 27.8 Å². The molecule has 3 aromatic rings. The van der Waals surface area contributed by atoms with Crippen molar-refractivity contribution in [3.8, 4) is 11.3 Å². The zero-order valence-corrected chi connectivity index (χ0v) is 15.7. The number of aryl methyl sites for hydroxylation is 3. The molecule has 3 rings (SSSR count). The van der Waals surface area contributed by atoms with E-state index < -0.39 is 5.82 Å². The van der Waals surface area contributed by atoms with Gasteiger partial charge in [0.05, 0.1) is 10.6 Å². The van der Waals surface area contributed by atoms with Crippen LogP contribution >= 0.6 is 11.6 Å². The average Bonchev–Trinajstić information content (AvgIpc) is 2.94. The zero-order valence-electron chi connectivity index (χ0n) is 14.9. The molecule has 1 aromatic heterocycles. The molecular formula is C20H18ClFN2O2. The predicted octanol–water partition coefficient (Wildman–Crippen LogP) is 5.34. The highest BCUT2D eigenvalue weighted by Crippen LogP contribution is 2.34. The first-order chi connectivity index (χ1) is 12.3. The normalized spacial score (nSPS) is 10.8. The van der Waals surface area contributed by atoms with E-state index in [1.807, 2.05) is 32.0 Å². The molecule has 4 nitrogen and oxygen atoms in total. The summed E-state index contributed by atoms with van der Waals surface area (Å²) < 4.78 is 19.5. The van der Waals surface area contributed by atoms with Crippen molar-refractivity contribution in [3.05, 3.63) is 69.7 Å². The molecule has 0 aliphatic carbocycles. The van der Waals surface area contributed by atoms with Crippen LogP contribution in [0.3, 0.4) is 0 Å². The number of carbonyl (C=O) groups excluding carboxylic acids is 1. The Kier molecular flexibility index (Phi) is 4.83. The van der Waals surface area contributed by atoms with Crippen LogP contribution in [0.15, 0.2) is 40.9 Å². The maximum Gasteiger partial charge on any atom is 0.263 e. The summed E-state index contributed by atoms with van der Waals surface area (Å²) in [5.74, 6) is -0.600. The molecule has 0 aliphatic heterocycles. The highest BCUT2D eigenvalue weighted by Gasteiger charge is 2.28. The molecule has 0 saturated carbocycles. The molecule has 0 spiro atoms. The lowest BCUT2D eigenvalue weighted by Crippen LogP contribution is -2.27. The number of halogens is 2. The number of benzene rings is 2. The number of rotatable bonds is 3. The van der Waals surface area contributed by atoms with Crippen molar-refractivity contribution >= 4 is 23.2 Å². The summed E-state index contributed by atoms with van der Waals surface area (Å²) in [5.41, 5.74) is 3.17. The number of carbonyl (C=O) groups is 1. The van der Waals surface area contributed by atoms with Crippen LogP contribution in [0.1, 0.15) is 27.2 Å². The number of amides is 1. The minimum absolute atomic E-state index is 0.0585. The molecule has 1 amide bonds. The number of aromatic nitrogens is 1. The highest BCUT2D eigenvalue weighted by molar-refractivity contribution is 6.33. The lowest BCUT2D eigenvalue weighted by molar-refractivity contribution is 0.0992. The minimum atomic E-state index is -0.561. The Balaban J connectivity index is 2.10. The lowest BCUT2D eigenvalue weighted by Gasteiger charge is -2.19. The van der Waals surface area contributed by atoms with Gasteiger partial charge in [0.25, 0.3) is 5.91 Å². The van der Waals surface area contributed by atoms with Crippen LogP contribution in [0.2, 0.25) is 5.02 Å². The molecule has 0 atom stereocenters. The van der Waals surface area contributed by atoms with Gasteiger partial charge >= 0.3 is 0 Å². The summed E-state index contributed by atoms with van der Waals surface area (Å²) in [7, 11) is 1.66. The number of anilines is 1. The van der Waals surface area contributed by atoms with Gasteiger partial charge in [-0.25, -0.2) is 4.39 Å². The van der Waals surface area contributed by atoms with E-state index in [0.29, 0.717) is 5.76 Å². The smallest absolute Gasteiger partial charge is 0.263 e. The summed E-state index contributed by atoms with van der Waals surface area (Å²) >= 11 is 6.14. The number of nitrogens with zero attached hydrogens (tertiary/aromatic N) is 2. The lowest BCUT2D eigenvalue weighted by atomic mass is 10.0. The van der Waals surface area contributed by atoms with Gasteiger partial charge in [0.1, 0.15) is 22.8 Å². The maximum atomic E-state index is 14.3. The second kappa shape index (κ2) is 6.92. The molecule has 0 bridgehead atoms. The highest BCUT2D eigenvalue weighted by atomic mass is 35.5. The van der Waals surface area contributed by atoms with Gasteiger partial charge in [-0.2, -0.15) is 0 Å². The van der Waals surface area contributed by atoms with Crippen molar-refractivity contribution in [2.45, 2.75) is 20.8 Å². The summed E-state index contributed by atoms with van der Waals surface area (Å²) in [5, 5.41) is 4.06. The summed E-state index contributed by atoms with van der Waals surface area (Å²) in [6.07, 6.45) is 0. The van der Waals surface area contributed by atoms with E-state index in [1.54, 1.807) is 20.0 Å². The van der Waals surface area contributed by atoms with Gasteiger partial charge in [0, 0.05) is 12.7 Å². The fourth-order valence-electron chi connectivity index (χ4n) is 2.95. The molecule has 0 radical (unpaired) electrons. The molecule has 0 saturated heterocycles. The Labute approximate surface area is 156 Å². The van der Waals surface area contributed by atoms with Crippen molar-refractivity contribution in [1.82, 2.24) is 5.16 Å². The summed E-state index contributed by atoms with van der Waals surface area (Å²) in [6.45, 7) is 5.54. The summed E-state index contributed by atoms with van der Waals surface area (Å²) in [6, 6.07) is 10.2. The third-order valence-corrected chi connectivity index (χ3v) is 4.49. The van der Waals surface area contributed by atoms with Crippen molar-refractivity contribution in [2.24, 2.45) is 0 Å². The first-order valence-corrected chi connectivity index (χ1v) is 8.44. The molecule has 0 aliphatic rings. The maximum absolute atomic E-state index is 14.3. The first-order valence-electron chi connectivity index (χ1n) is 8.06. The van der Waals surface area contributed by atoms with Crippen LogP contribution < -0.4 is 4.90 Å². The SMILES string of the molecule is Cc1cc(C)cc(N(C)C(=O)c2c(-c3c(F)cccc3Cl)noc2C)c1. The molecule has 26 heavy (non-hydrogen) atoms. The third-order valence-electron chi connectivity index (χ3n) is 4.17. The first kappa shape index (κ1) is 18.1.